The molecule has 1 aromatic heterocycles. The Labute approximate surface area is 201 Å². The number of hydrogen-bond acceptors (Lipinski definition) is 7. The summed E-state index contributed by atoms with van der Waals surface area (Å²) in [4.78, 5) is 0. The molecule has 0 aromatic carbocycles. The second kappa shape index (κ2) is 13.3. The number of alkyl halides is 6. The predicted molar refractivity (Wildman–Crippen MR) is 115 cm³/mol. The first-order chi connectivity index (χ1) is 15.8. The van der Waals surface area contributed by atoms with Gasteiger partial charge in [-0.1, -0.05) is 13.8 Å². The van der Waals surface area contributed by atoms with Gasteiger partial charge in [-0.05, 0) is 17.9 Å². The molecule has 0 saturated carbocycles. The second-order valence-corrected chi connectivity index (χ2v) is 13.7. The van der Waals surface area contributed by atoms with Gasteiger partial charge in [0.25, 0.3) is 0 Å². The maximum Gasteiger partial charge on any atom is 0.500 e. The highest BCUT2D eigenvalue weighted by molar-refractivity contribution is 8.13. The molecule has 0 aliphatic carbocycles. The van der Waals surface area contributed by atoms with Gasteiger partial charge >= 0.3 is 19.8 Å². The summed E-state index contributed by atoms with van der Waals surface area (Å²) in [6.07, 6.45) is 6.45. The largest absolute Gasteiger partial charge is 0.500 e. The standard InChI is InChI=1S/C15H28NO3Si.C2F6NO4S2/c1-14(2)15-8-11-16(12-9-15)10-6-7-13-20(17-3,18-4)19-5;3-1(4,5)14(10,11)9-15(12,13)2(6,7)8/h8-9,11-12,14H,6-7,10,13H2,1-5H3;/q+1;-1. The Morgan fingerprint density at radius 2 is 1.26 bits per heavy atom. The number of aryl methyl sites for hydroxylation is 1. The SMILES string of the molecule is CO[Si](CCCC[n+]1ccc(C(C)C)cc1)(OC)OC.O=S(=O)([N-]S(=O)(=O)C(F)(F)F)C(F)(F)F. The first kappa shape index (κ1) is 33.7. The molecule has 0 atom stereocenters. The van der Waals surface area contributed by atoms with E-state index in [1.54, 1.807) is 21.3 Å². The summed E-state index contributed by atoms with van der Waals surface area (Å²) in [6, 6.07) is 5.26. The van der Waals surface area contributed by atoms with Crippen molar-refractivity contribution in [3.8, 4) is 0 Å². The monoisotopic (exact) mass is 578 g/mol. The van der Waals surface area contributed by atoms with Crippen LogP contribution in [0.1, 0.15) is 38.2 Å². The van der Waals surface area contributed by atoms with Crippen molar-refractivity contribution in [3.63, 3.8) is 0 Å². The summed E-state index contributed by atoms with van der Waals surface area (Å²) < 4.78 is 128. The molecule has 0 aliphatic rings. The van der Waals surface area contributed by atoms with Crippen LogP contribution in [0.5, 0.6) is 0 Å². The maximum absolute atomic E-state index is 11.4. The lowest BCUT2D eigenvalue weighted by atomic mass is 10.1. The van der Waals surface area contributed by atoms with Crippen molar-refractivity contribution >= 4 is 28.9 Å². The number of hydrogen-bond donors (Lipinski definition) is 0. The Morgan fingerprint density at radius 1 is 0.857 bits per heavy atom. The Morgan fingerprint density at radius 3 is 1.57 bits per heavy atom. The number of nitrogens with zero attached hydrogens (tertiary/aromatic N) is 2. The van der Waals surface area contributed by atoms with Crippen LogP contribution in [0.25, 0.3) is 4.13 Å². The van der Waals surface area contributed by atoms with Gasteiger partial charge in [-0.15, -0.1) is 0 Å². The summed E-state index contributed by atoms with van der Waals surface area (Å²) in [7, 11) is -10.8. The zero-order chi connectivity index (χ0) is 27.7. The van der Waals surface area contributed by atoms with Gasteiger partial charge in [-0.3, -0.25) is 0 Å². The molecule has 0 spiro atoms. The molecule has 1 rings (SSSR count). The van der Waals surface area contributed by atoms with Crippen LogP contribution in [0.4, 0.5) is 26.3 Å². The minimum atomic E-state index is -6.72. The maximum atomic E-state index is 11.4. The lowest BCUT2D eigenvalue weighted by Crippen LogP contribution is -2.42. The van der Waals surface area contributed by atoms with Crippen LogP contribution in [-0.2, 0) is 39.9 Å². The van der Waals surface area contributed by atoms with Gasteiger partial charge in [0.2, 0.25) is 0 Å². The third-order valence-corrected chi connectivity index (χ3v) is 10.0. The van der Waals surface area contributed by atoms with Crippen molar-refractivity contribution in [2.75, 3.05) is 21.3 Å². The van der Waals surface area contributed by atoms with E-state index in [9.17, 15) is 43.2 Å². The molecule has 0 amide bonds. The first-order valence-electron chi connectivity index (χ1n) is 9.78. The molecule has 35 heavy (non-hydrogen) atoms. The Balaban J connectivity index is 0.000000691. The zero-order valence-corrected chi connectivity index (χ0v) is 22.2. The minimum Gasteiger partial charge on any atom is -0.421 e. The Bertz CT molecular complexity index is 931. The summed E-state index contributed by atoms with van der Waals surface area (Å²) in [6.45, 7) is 5.44. The molecule has 0 radical (unpaired) electrons. The predicted octanol–water partition coefficient (Wildman–Crippen LogP) is 3.82. The summed E-state index contributed by atoms with van der Waals surface area (Å²) in [5.41, 5.74) is -11.0. The van der Waals surface area contributed by atoms with E-state index in [1.807, 2.05) is 0 Å². The smallest absolute Gasteiger partial charge is 0.421 e. The van der Waals surface area contributed by atoms with Gasteiger partial charge < -0.3 is 17.4 Å². The highest BCUT2D eigenvalue weighted by Crippen LogP contribution is 2.36. The van der Waals surface area contributed by atoms with Gasteiger partial charge in [-0.2, -0.15) is 26.3 Å². The molecule has 0 fully saturated rings. The third kappa shape index (κ3) is 10.7. The average molecular weight is 579 g/mol. The number of aromatic nitrogens is 1. The number of unbranched alkanes of at least 4 members (excludes halogenated alkanes) is 1. The molecule has 206 valence electrons. The number of rotatable bonds is 11. The van der Waals surface area contributed by atoms with E-state index < -0.39 is 39.9 Å². The van der Waals surface area contributed by atoms with E-state index >= 15 is 0 Å². The molecule has 0 N–H and O–H groups in total. The van der Waals surface area contributed by atoms with Crippen molar-refractivity contribution in [2.24, 2.45) is 0 Å². The fraction of sp³-hybridized carbons (Fsp3) is 0.706. The fourth-order valence-electron chi connectivity index (χ4n) is 2.41. The highest BCUT2D eigenvalue weighted by Gasteiger charge is 2.47. The average Bonchev–Trinajstić information content (AvgIpc) is 2.73. The van der Waals surface area contributed by atoms with Crippen LogP contribution < -0.4 is 4.57 Å². The number of sulfonamides is 2. The van der Waals surface area contributed by atoms with Crippen molar-refractivity contribution in [1.82, 2.24) is 0 Å². The summed E-state index contributed by atoms with van der Waals surface area (Å²) >= 11 is 0. The van der Waals surface area contributed by atoms with E-state index in [2.05, 4.69) is 42.9 Å². The van der Waals surface area contributed by atoms with E-state index in [4.69, 9.17) is 13.3 Å². The lowest BCUT2D eigenvalue weighted by Gasteiger charge is -2.23. The van der Waals surface area contributed by atoms with Crippen molar-refractivity contribution < 1.29 is 61.0 Å². The molecule has 0 aliphatic heterocycles. The Kier molecular flexibility index (Phi) is 12.8. The van der Waals surface area contributed by atoms with E-state index in [-0.39, 0.29) is 0 Å². The van der Waals surface area contributed by atoms with E-state index in [0.29, 0.717) is 5.92 Å². The molecular formula is C17H28F6N2O7S2Si. The van der Waals surface area contributed by atoms with Crippen LogP contribution >= 0.6 is 0 Å². The normalized spacial score (nSPS) is 13.5. The summed E-state index contributed by atoms with van der Waals surface area (Å²) in [5.74, 6) is 0.585. The number of halogens is 6. The molecular weight excluding hydrogens is 550 g/mol. The van der Waals surface area contributed by atoms with Gasteiger partial charge in [0.1, 0.15) is 6.54 Å². The van der Waals surface area contributed by atoms with Crippen LogP contribution in [-0.4, -0.2) is 58.0 Å². The van der Waals surface area contributed by atoms with Gasteiger partial charge in [0.05, 0.1) is 0 Å². The first-order valence-corrected chi connectivity index (χ1v) is 14.6. The second-order valence-electron chi connectivity index (χ2n) is 7.19. The minimum absolute atomic E-state index is 0.585. The third-order valence-electron chi connectivity index (χ3n) is 4.45. The van der Waals surface area contributed by atoms with Crippen molar-refractivity contribution in [2.45, 2.75) is 56.2 Å². The van der Waals surface area contributed by atoms with Crippen LogP contribution in [0.15, 0.2) is 24.5 Å². The lowest BCUT2D eigenvalue weighted by molar-refractivity contribution is -0.697. The molecule has 18 heteroatoms. The molecule has 0 bridgehead atoms. The van der Waals surface area contributed by atoms with E-state index in [0.717, 1.165) is 29.6 Å². The molecule has 1 heterocycles. The topological polar surface area (TPSA) is 114 Å². The van der Waals surface area contributed by atoms with Gasteiger partial charge in [0, 0.05) is 45.9 Å². The van der Waals surface area contributed by atoms with Crippen LogP contribution in [0, 0.1) is 0 Å². The quantitative estimate of drug-likeness (QED) is 0.170. The van der Waals surface area contributed by atoms with Gasteiger partial charge in [0.15, 0.2) is 32.4 Å². The molecule has 9 nitrogen and oxygen atoms in total. The van der Waals surface area contributed by atoms with Crippen LogP contribution in [0.2, 0.25) is 6.04 Å². The van der Waals surface area contributed by atoms with Crippen molar-refractivity contribution in [3.05, 3.63) is 34.2 Å². The number of pyridine rings is 1. The zero-order valence-electron chi connectivity index (χ0n) is 19.6. The molecule has 0 unspecified atom stereocenters. The fourth-order valence-corrected chi connectivity index (χ4v) is 5.91. The molecule has 0 saturated heterocycles. The van der Waals surface area contributed by atoms with Gasteiger partial charge in [-0.25, -0.2) is 21.4 Å². The van der Waals surface area contributed by atoms with Crippen molar-refractivity contribution in [1.29, 1.82) is 0 Å². The highest BCUT2D eigenvalue weighted by atomic mass is 32.3. The molecule has 1 aromatic rings. The van der Waals surface area contributed by atoms with Crippen LogP contribution in [0.3, 0.4) is 0 Å². The summed E-state index contributed by atoms with van der Waals surface area (Å²) in [5, 5.41) is 0. The Hall–Kier alpha value is -1.31. The van der Waals surface area contributed by atoms with E-state index in [1.165, 1.54) is 5.56 Å².